The van der Waals surface area contributed by atoms with Crippen LogP contribution >= 0.6 is 11.8 Å². The molecule has 2 aromatic rings. The first kappa shape index (κ1) is 18.1. The maximum absolute atomic E-state index is 14.5. The topological polar surface area (TPSA) is 96.1 Å². The Morgan fingerprint density at radius 3 is 3.07 bits per heavy atom. The van der Waals surface area contributed by atoms with Gasteiger partial charge in [0.05, 0.1) is 12.3 Å². The number of halogens is 1. The summed E-state index contributed by atoms with van der Waals surface area (Å²) in [5.74, 6) is 2.00. The zero-order valence-corrected chi connectivity index (χ0v) is 16.2. The summed E-state index contributed by atoms with van der Waals surface area (Å²) in [6, 6.07) is 7.68. The van der Waals surface area contributed by atoms with E-state index in [0.717, 1.165) is 24.1 Å². The molecule has 5 rings (SSSR count). The van der Waals surface area contributed by atoms with Crippen LogP contribution in [0.25, 0.3) is 0 Å². The molecule has 0 spiro atoms. The van der Waals surface area contributed by atoms with E-state index in [-0.39, 0.29) is 11.9 Å². The number of hydrogen-bond acceptors (Lipinski definition) is 7. The minimum Gasteiger partial charge on any atom is -0.388 e. The molecule has 8 heteroatoms. The van der Waals surface area contributed by atoms with Crippen LogP contribution in [0.15, 0.2) is 30.5 Å². The molecule has 1 aliphatic heterocycles. The van der Waals surface area contributed by atoms with E-state index in [0.29, 0.717) is 41.2 Å². The number of hydrogen-bond donors (Lipinski definition) is 4. The normalized spacial score (nSPS) is 33.7. The molecule has 0 radical (unpaired) electrons. The highest BCUT2D eigenvalue weighted by atomic mass is 32.2. The molecule has 1 aromatic heterocycles. The molecule has 2 fully saturated rings. The van der Waals surface area contributed by atoms with Crippen LogP contribution in [-0.4, -0.2) is 38.7 Å². The Labute approximate surface area is 167 Å². The van der Waals surface area contributed by atoms with Crippen LogP contribution in [0.4, 0.5) is 21.8 Å². The van der Waals surface area contributed by atoms with E-state index in [2.05, 4.69) is 20.6 Å². The molecule has 1 unspecified atom stereocenters. The predicted octanol–water partition coefficient (Wildman–Crippen LogP) is 2.90. The van der Waals surface area contributed by atoms with Crippen LogP contribution in [0.2, 0.25) is 0 Å². The summed E-state index contributed by atoms with van der Waals surface area (Å²) in [7, 11) is 0. The standard InChI is InChI=1S/C20H24FN5OS/c21-15-8-23-20-24-12-3-1-2-10(4-12)16(27)9-28-17-6-11-5-13(17)18(14(11)7-22)25-19(15)26-20/h1-4,8,11,13-14,16-18,27H,5-7,9,22H2,(H2,23,24,25,26)/t11-,13-,14+,16?,17-,18-/m1/s1. The van der Waals surface area contributed by atoms with Gasteiger partial charge in [-0.2, -0.15) is 16.7 Å². The Bertz CT molecular complexity index is 883. The van der Waals surface area contributed by atoms with Gasteiger partial charge in [-0.15, -0.1) is 0 Å². The van der Waals surface area contributed by atoms with E-state index in [4.69, 9.17) is 5.73 Å². The first-order valence-electron chi connectivity index (χ1n) is 9.78. The number of nitrogens with zero attached hydrogens (tertiary/aromatic N) is 2. The Hall–Kier alpha value is -1.90. The zero-order valence-electron chi connectivity index (χ0n) is 15.4. The maximum atomic E-state index is 14.5. The Morgan fingerprint density at radius 2 is 2.21 bits per heavy atom. The number of thioether (sulfide) groups is 1. The summed E-state index contributed by atoms with van der Waals surface area (Å²) in [5.41, 5.74) is 7.69. The van der Waals surface area contributed by atoms with Gasteiger partial charge in [0.2, 0.25) is 5.95 Å². The van der Waals surface area contributed by atoms with Crippen LogP contribution in [0.5, 0.6) is 0 Å². The van der Waals surface area contributed by atoms with Gasteiger partial charge < -0.3 is 21.5 Å². The van der Waals surface area contributed by atoms with E-state index in [1.165, 1.54) is 6.20 Å². The Morgan fingerprint density at radius 1 is 1.32 bits per heavy atom. The molecule has 2 saturated carbocycles. The van der Waals surface area contributed by atoms with Crippen molar-refractivity contribution in [3.8, 4) is 0 Å². The third-order valence-electron chi connectivity index (χ3n) is 6.43. The number of aliphatic hydroxyl groups is 1. The van der Waals surface area contributed by atoms with Crippen LogP contribution in [0, 0.1) is 23.6 Å². The van der Waals surface area contributed by atoms with Gasteiger partial charge in [-0.05, 0) is 54.8 Å². The van der Waals surface area contributed by atoms with E-state index >= 15 is 0 Å². The third kappa shape index (κ3) is 3.13. The monoisotopic (exact) mass is 401 g/mol. The van der Waals surface area contributed by atoms with Crippen LogP contribution in [0.1, 0.15) is 24.5 Å². The lowest BCUT2D eigenvalue weighted by atomic mass is 9.84. The highest BCUT2D eigenvalue weighted by Gasteiger charge is 2.52. The average Bonchev–Trinajstić information content (AvgIpc) is 3.26. The minimum absolute atomic E-state index is 0.0939. The van der Waals surface area contributed by atoms with Crippen LogP contribution in [-0.2, 0) is 0 Å². The van der Waals surface area contributed by atoms with E-state index < -0.39 is 11.9 Å². The quantitative estimate of drug-likeness (QED) is 0.583. The molecule has 6 nitrogen and oxygen atoms in total. The van der Waals surface area contributed by atoms with Crippen molar-refractivity contribution < 1.29 is 9.50 Å². The van der Waals surface area contributed by atoms with Gasteiger partial charge >= 0.3 is 0 Å². The second kappa shape index (κ2) is 7.17. The smallest absolute Gasteiger partial charge is 0.229 e. The van der Waals surface area contributed by atoms with Crippen LogP contribution < -0.4 is 16.4 Å². The van der Waals surface area contributed by atoms with Crippen molar-refractivity contribution in [2.45, 2.75) is 30.2 Å². The first-order valence-corrected chi connectivity index (χ1v) is 10.8. The molecule has 2 aliphatic carbocycles. The number of rotatable bonds is 1. The number of nitrogens with two attached hydrogens (primary N) is 1. The van der Waals surface area contributed by atoms with Gasteiger partial charge in [0.25, 0.3) is 0 Å². The average molecular weight is 402 g/mol. The van der Waals surface area contributed by atoms with Gasteiger partial charge in [-0.1, -0.05) is 12.1 Å². The summed E-state index contributed by atoms with van der Waals surface area (Å²) >= 11 is 1.82. The molecule has 0 saturated heterocycles. The number of nitrogens with one attached hydrogen (secondary N) is 2. The molecule has 1 aromatic carbocycles. The largest absolute Gasteiger partial charge is 0.388 e. The SMILES string of the molecule is NC[C@H]1[C@@H]2C[C@H]3[C@H]1Nc1nc(ncc1F)Nc1cccc(c1)C(O)CS[C@@H]3C2. The molecule has 0 amide bonds. The van der Waals surface area contributed by atoms with Crippen LogP contribution in [0.3, 0.4) is 0 Å². The zero-order chi connectivity index (χ0) is 19.3. The summed E-state index contributed by atoms with van der Waals surface area (Å²) in [5, 5.41) is 17.6. The number of aromatic nitrogens is 2. The van der Waals surface area contributed by atoms with Crippen molar-refractivity contribution in [2.75, 3.05) is 22.9 Å². The number of anilines is 3. The molecule has 148 valence electrons. The molecule has 6 bridgehead atoms. The van der Waals surface area contributed by atoms with Crippen molar-refractivity contribution in [1.82, 2.24) is 9.97 Å². The fraction of sp³-hybridized carbons (Fsp3) is 0.500. The van der Waals surface area contributed by atoms with Gasteiger partial charge in [0.15, 0.2) is 11.6 Å². The number of benzene rings is 1. The molecule has 5 N–H and O–H groups in total. The van der Waals surface area contributed by atoms with Gasteiger partial charge in [0.1, 0.15) is 0 Å². The minimum atomic E-state index is -0.532. The number of aliphatic hydroxyl groups excluding tert-OH is 1. The van der Waals surface area contributed by atoms with Crippen molar-refractivity contribution in [3.63, 3.8) is 0 Å². The van der Waals surface area contributed by atoms with Gasteiger partial charge in [0, 0.05) is 22.7 Å². The second-order valence-corrected chi connectivity index (χ2v) is 9.27. The first-order chi connectivity index (χ1) is 13.6. The fourth-order valence-electron chi connectivity index (χ4n) is 5.10. The summed E-state index contributed by atoms with van der Waals surface area (Å²) in [6.45, 7) is 0.585. The summed E-state index contributed by atoms with van der Waals surface area (Å²) in [4.78, 5) is 8.45. The molecule has 3 aliphatic rings. The Balaban J connectivity index is 1.54. The lowest BCUT2D eigenvalue weighted by molar-refractivity contribution is 0.203. The predicted molar refractivity (Wildman–Crippen MR) is 109 cm³/mol. The van der Waals surface area contributed by atoms with Crippen molar-refractivity contribution >= 4 is 29.2 Å². The highest BCUT2D eigenvalue weighted by molar-refractivity contribution is 7.99. The fourth-order valence-corrected chi connectivity index (χ4v) is 6.64. The van der Waals surface area contributed by atoms with Crippen molar-refractivity contribution in [3.05, 3.63) is 41.8 Å². The third-order valence-corrected chi connectivity index (χ3v) is 7.91. The Kier molecular flexibility index (Phi) is 4.65. The maximum Gasteiger partial charge on any atom is 0.229 e. The highest BCUT2D eigenvalue weighted by Crippen LogP contribution is 2.53. The van der Waals surface area contributed by atoms with E-state index in [1.54, 1.807) is 0 Å². The van der Waals surface area contributed by atoms with E-state index in [1.807, 2.05) is 36.0 Å². The van der Waals surface area contributed by atoms with Crippen molar-refractivity contribution in [2.24, 2.45) is 23.5 Å². The van der Waals surface area contributed by atoms with Crippen molar-refractivity contribution in [1.29, 1.82) is 0 Å². The molecular formula is C20H24FN5OS. The summed E-state index contributed by atoms with van der Waals surface area (Å²) < 4.78 is 14.5. The molecule has 28 heavy (non-hydrogen) atoms. The lowest BCUT2D eigenvalue weighted by Gasteiger charge is -2.36. The second-order valence-electron chi connectivity index (χ2n) is 7.99. The molecule has 6 atom stereocenters. The number of fused-ring (bicyclic) bond motifs is 5. The van der Waals surface area contributed by atoms with Gasteiger partial charge in [-0.25, -0.2) is 9.37 Å². The summed E-state index contributed by atoms with van der Waals surface area (Å²) in [6.07, 6.45) is 2.87. The van der Waals surface area contributed by atoms with Gasteiger partial charge in [-0.3, -0.25) is 0 Å². The lowest BCUT2D eigenvalue weighted by Crippen LogP contribution is -2.43. The van der Waals surface area contributed by atoms with E-state index in [9.17, 15) is 9.50 Å². The molecular weight excluding hydrogens is 377 g/mol. The molecule has 2 heterocycles.